The van der Waals surface area contributed by atoms with Crippen LogP contribution in [0.2, 0.25) is 0 Å². The van der Waals surface area contributed by atoms with E-state index in [0.29, 0.717) is 12.0 Å². The number of hydrogen-bond donors (Lipinski definition) is 1. The van der Waals surface area contributed by atoms with Crippen LogP contribution in [0.3, 0.4) is 0 Å². The minimum absolute atomic E-state index is 0.156. The summed E-state index contributed by atoms with van der Waals surface area (Å²) in [6.07, 6.45) is 0.846. The molecule has 0 aliphatic rings. The second-order valence-corrected chi connectivity index (χ2v) is 5.47. The minimum Gasteiger partial charge on any atom is -0.469 e. The molecule has 0 saturated carbocycles. The summed E-state index contributed by atoms with van der Waals surface area (Å²) >= 11 is 0. The van der Waals surface area contributed by atoms with Crippen molar-refractivity contribution in [3.05, 3.63) is 71.3 Å². The van der Waals surface area contributed by atoms with Crippen LogP contribution in [0, 0.1) is 0 Å². The minimum atomic E-state index is -0.338. The normalized spacial score (nSPS) is 11.6. The third-order valence-electron chi connectivity index (χ3n) is 3.58. The van der Waals surface area contributed by atoms with E-state index < -0.39 is 0 Å². The number of ether oxygens (including phenoxy) is 1. The van der Waals surface area contributed by atoms with Gasteiger partial charge < -0.3 is 10.1 Å². The van der Waals surface area contributed by atoms with Gasteiger partial charge in [0.15, 0.2) is 0 Å². The molecule has 2 aromatic carbocycles. The molecule has 1 unspecified atom stereocenters. The number of hydrogen-bond acceptors (Lipinski definition) is 3. The molecule has 1 N–H and O–H groups in total. The third kappa shape index (κ3) is 4.95. The second-order valence-electron chi connectivity index (χ2n) is 5.47. The zero-order chi connectivity index (χ0) is 16.7. The van der Waals surface area contributed by atoms with Gasteiger partial charge in [-0.05, 0) is 30.5 Å². The first-order valence-corrected chi connectivity index (χ1v) is 7.59. The lowest BCUT2D eigenvalue weighted by Gasteiger charge is -2.15. The van der Waals surface area contributed by atoms with E-state index >= 15 is 0 Å². The molecule has 0 aliphatic carbocycles. The zero-order valence-electron chi connectivity index (χ0n) is 13.4. The summed E-state index contributed by atoms with van der Waals surface area (Å²) in [5.41, 5.74) is 2.74. The van der Waals surface area contributed by atoms with Crippen LogP contribution in [0.1, 0.15) is 34.8 Å². The standard InChI is InChI=1S/C19H21NO3/c1-14(12-18(21)23-2)20-19(22)17-11-7-6-10-16(17)13-15-8-4-3-5-9-15/h3-11,14H,12-13H2,1-2H3,(H,20,22). The molecule has 4 nitrogen and oxygen atoms in total. The van der Waals surface area contributed by atoms with Crippen molar-refractivity contribution < 1.29 is 14.3 Å². The Morgan fingerprint density at radius 3 is 2.39 bits per heavy atom. The monoisotopic (exact) mass is 311 g/mol. The second kappa shape index (κ2) is 8.13. The molecule has 0 aromatic heterocycles. The van der Waals surface area contributed by atoms with Crippen molar-refractivity contribution in [1.29, 1.82) is 0 Å². The highest BCUT2D eigenvalue weighted by atomic mass is 16.5. The number of rotatable bonds is 6. The third-order valence-corrected chi connectivity index (χ3v) is 3.58. The Kier molecular flexibility index (Phi) is 5.92. The predicted octanol–water partition coefficient (Wildman–Crippen LogP) is 2.96. The maximum absolute atomic E-state index is 12.5. The molecule has 0 spiro atoms. The van der Waals surface area contributed by atoms with Crippen molar-refractivity contribution in [2.45, 2.75) is 25.8 Å². The number of esters is 1. The van der Waals surface area contributed by atoms with Crippen molar-refractivity contribution in [2.24, 2.45) is 0 Å². The van der Waals surface area contributed by atoms with E-state index in [1.54, 1.807) is 13.0 Å². The van der Waals surface area contributed by atoms with E-state index in [1.165, 1.54) is 7.11 Å². The smallest absolute Gasteiger partial charge is 0.307 e. The van der Waals surface area contributed by atoms with Crippen molar-refractivity contribution in [2.75, 3.05) is 7.11 Å². The van der Waals surface area contributed by atoms with Crippen molar-refractivity contribution in [3.8, 4) is 0 Å². The lowest BCUT2D eigenvalue weighted by Crippen LogP contribution is -2.35. The molecular weight excluding hydrogens is 290 g/mol. The molecule has 23 heavy (non-hydrogen) atoms. The Labute approximate surface area is 136 Å². The van der Waals surface area contributed by atoms with Gasteiger partial charge in [0.25, 0.3) is 5.91 Å². The number of methoxy groups -OCH3 is 1. The summed E-state index contributed by atoms with van der Waals surface area (Å²) in [5.74, 6) is -0.511. The Bertz CT molecular complexity index is 667. The molecule has 0 radical (unpaired) electrons. The van der Waals surface area contributed by atoms with Gasteiger partial charge in [-0.1, -0.05) is 48.5 Å². The van der Waals surface area contributed by atoms with Gasteiger partial charge in [-0.15, -0.1) is 0 Å². The van der Waals surface area contributed by atoms with Gasteiger partial charge >= 0.3 is 5.97 Å². The van der Waals surface area contributed by atoms with E-state index in [9.17, 15) is 9.59 Å². The molecule has 2 aromatic rings. The fourth-order valence-electron chi connectivity index (χ4n) is 2.40. The van der Waals surface area contributed by atoms with Gasteiger partial charge in [0, 0.05) is 11.6 Å². The van der Waals surface area contributed by atoms with Crippen LogP contribution in [-0.4, -0.2) is 25.0 Å². The van der Waals surface area contributed by atoms with Crippen LogP contribution < -0.4 is 5.32 Å². The summed E-state index contributed by atoms with van der Waals surface area (Å²) in [7, 11) is 1.34. The maximum Gasteiger partial charge on any atom is 0.307 e. The van der Waals surface area contributed by atoms with Crippen LogP contribution in [0.25, 0.3) is 0 Å². The largest absolute Gasteiger partial charge is 0.469 e. The fraction of sp³-hybridized carbons (Fsp3) is 0.263. The van der Waals surface area contributed by atoms with E-state index in [-0.39, 0.29) is 24.3 Å². The van der Waals surface area contributed by atoms with Crippen LogP contribution in [0.4, 0.5) is 0 Å². The van der Waals surface area contributed by atoms with E-state index in [0.717, 1.165) is 11.1 Å². The predicted molar refractivity (Wildman–Crippen MR) is 89.3 cm³/mol. The lowest BCUT2D eigenvalue weighted by atomic mass is 9.99. The average Bonchev–Trinajstić information content (AvgIpc) is 2.56. The quantitative estimate of drug-likeness (QED) is 0.835. The van der Waals surface area contributed by atoms with E-state index in [2.05, 4.69) is 10.1 Å². The van der Waals surface area contributed by atoms with E-state index in [1.807, 2.05) is 48.5 Å². The van der Waals surface area contributed by atoms with Crippen molar-refractivity contribution in [1.82, 2.24) is 5.32 Å². The fourth-order valence-corrected chi connectivity index (χ4v) is 2.40. The molecule has 0 aliphatic heterocycles. The highest BCUT2D eigenvalue weighted by Crippen LogP contribution is 2.15. The van der Waals surface area contributed by atoms with Gasteiger partial charge in [0.1, 0.15) is 0 Å². The van der Waals surface area contributed by atoms with Crippen molar-refractivity contribution in [3.63, 3.8) is 0 Å². The molecule has 0 bridgehead atoms. The summed E-state index contributed by atoms with van der Waals surface area (Å²) in [4.78, 5) is 23.7. The lowest BCUT2D eigenvalue weighted by molar-refractivity contribution is -0.141. The summed E-state index contributed by atoms with van der Waals surface area (Å²) < 4.78 is 4.62. The summed E-state index contributed by atoms with van der Waals surface area (Å²) in [5, 5.41) is 2.85. The average molecular weight is 311 g/mol. The Morgan fingerprint density at radius 2 is 1.70 bits per heavy atom. The molecular formula is C19H21NO3. The Hall–Kier alpha value is -2.62. The van der Waals surface area contributed by atoms with Gasteiger partial charge in [-0.3, -0.25) is 9.59 Å². The zero-order valence-corrected chi connectivity index (χ0v) is 13.4. The number of carbonyl (C=O) groups is 2. The number of carbonyl (C=O) groups excluding carboxylic acids is 2. The molecule has 0 fully saturated rings. The van der Waals surface area contributed by atoms with Gasteiger partial charge in [-0.25, -0.2) is 0 Å². The molecule has 2 rings (SSSR count). The molecule has 4 heteroatoms. The first-order valence-electron chi connectivity index (χ1n) is 7.59. The highest BCUT2D eigenvalue weighted by Gasteiger charge is 2.16. The summed E-state index contributed by atoms with van der Waals surface area (Å²) in [6, 6.07) is 17.2. The Morgan fingerprint density at radius 1 is 1.04 bits per heavy atom. The number of benzene rings is 2. The molecule has 120 valence electrons. The van der Waals surface area contributed by atoms with Gasteiger partial charge in [-0.2, -0.15) is 0 Å². The number of amides is 1. The molecule has 1 atom stereocenters. The summed E-state index contributed by atoms with van der Waals surface area (Å²) in [6.45, 7) is 1.79. The first-order chi connectivity index (χ1) is 11.1. The first kappa shape index (κ1) is 16.7. The molecule has 0 saturated heterocycles. The van der Waals surface area contributed by atoms with Crippen LogP contribution in [-0.2, 0) is 16.0 Å². The van der Waals surface area contributed by atoms with E-state index in [4.69, 9.17) is 0 Å². The van der Waals surface area contributed by atoms with Crippen LogP contribution in [0.5, 0.6) is 0 Å². The topological polar surface area (TPSA) is 55.4 Å². The highest BCUT2D eigenvalue weighted by molar-refractivity contribution is 5.96. The SMILES string of the molecule is COC(=O)CC(C)NC(=O)c1ccccc1Cc1ccccc1. The Balaban J connectivity index is 2.10. The van der Waals surface area contributed by atoms with Gasteiger partial charge in [0.2, 0.25) is 0 Å². The van der Waals surface area contributed by atoms with Gasteiger partial charge in [0.05, 0.1) is 13.5 Å². The van der Waals surface area contributed by atoms with Crippen LogP contribution >= 0.6 is 0 Å². The maximum atomic E-state index is 12.5. The molecule has 0 heterocycles. The van der Waals surface area contributed by atoms with Crippen molar-refractivity contribution >= 4 is 11.9 Å². The van der Waals surface area contributed by atoms with Crippen LogP contribution in [0.15, 0.2) is 54.6 Å². The number of nitrogens with one attached hydrogen (secondary N) is 1. The molecule has 1 amide bonds.